The zero-order chi connectivity index (χ0) is 13.8. The molecule has 2 rings (SSSR count). The fourth-order valence-electron chi connectivity index (χ4n) is 2.69. The number of nitrogens with zero attached hydrogens (tertiary/aromatic N) is 2. The van der Waals surface area contributed by atoms with Crippen LogP contribution in [0.15, 0.2) is 12.3 Å². The van der Waals surface area contributed by atoms with Gasteiger partial charge in [-0.2, -0.15) is 0 Å². The number of hydrogen-bond donors (Lipinski definition) is 1. The second-order valence-corrected chi connectivity index (χ2v) is 6.35. The Kier molecular flexibility index (Phi) is 4.81. The van der Waals surface area contributed by atoms with Crippen molar-refractivity contribution in [2.24, 2.45) is 11.8 Å². The molecule has 1 unspecified atom stereocenters. The van der Waals surface area contributed by atoms with E-state index in [1.807, 2.05) is 6.20 Å². The first kappa shape index (κ1) is 14.3. The molecule has 1 saturated heterocycles. The van der Waals surface area contributed by atoms with Crippen LogP contribution in [-0.2, 0) is 6.54 Å². The van der Waals surface area contributed by atoms with E-state index in [-0.39, 0.29) is 0 Å². The van der Waals surface area contributed by atoms with Crippen molar-refractivity contribution < 1.29 is 0 Å². The Bertz CT molecular complexity index is 414. The average molecular weight is 261 g/mol. The summed E-state index contributed by atoms with van der Waals surface area (Å²) in [6.45, 7) is 13.2. The van der Waals surface area contributed by atoms with Gasteiger partial charge in [0.15, 0.2) is 0 Å². The van der Waals surface area contributed by atoms with Gasteiger partial charge < -0.3 is 10.2 Å². The van der Waals surface area contributed by atoms with E-state index in [1.54, 1.807) is 0 Å². The van der Waals surface area contributed by atoms with Crippen LogP contribution >= 0.6 is 0 Å². The van der Waals surface area contributed by atoms with Gasteiger partial charge in [-0.05, 0) is 48.9 Å². The van der Waals surface area contributed by atoms with E-state index < -0.39 is 0 Å². The van der Waals surface area contributed by atoms with Gasteiger partial charge in [-0.1, -0.05) is 20.8 Å². The molecule has 1 aromatic rings. The average Bonchev–Trinajstić information content (AvgIpc) is 2.75. The minimum atomic E-state index is 0.694. The van der Waals surface area contributed by atoms with Gasteiger partial charge in [-0.25, -0.2) is 4.98 Å². The van der Waals surface area contributed by atoms with Crippen LogP contribution in [0.2, 0.25) is 0 Å². The summed E-state index contributed by atoms with van der Waals surface area (Å²) >= 11 is 0. The molecular weight excluding hydrogens is 234 g/mol. The summed E-state index contributed by atoms with van der Waals surface area (Å²) in [7, 11) is 0. The molecule has 1 N–H and O–H groups in total. The molecule has 0 aromatic carbocycles. The summed E-state index contributed by atoms with van der Waals surface area (Å²) < 4.78 is 0. The SMILES string of the molecule is Cc1cc(CNCC(C)C)cnc1N1CCC(C)C1. The molecule has 1 aliphatic rings. The molecule has 0 aliphatic carbocycles. The molecule has 3 nitrogen and oxygen atoms in total. The van der Waals surface area contributed by atoms with E-state index in [9.17, 15) is 0 Å². The van der Waals surface area contributed by atoms with Crippen molar-refractivity contribution in [1.82, 2.24) is 10.3 Å². The molecule has 2 heterocycles. The van der Waals surface area contributed by atoms with Gasteiger partial charge in [0.2, 0.25) is 0 Å². The van der Waals surface area contributed by atoms with Gasteiger partial charge in [0.05, 0.1) is 0 Å². The molecule has 1 atom stereocenters. The third kappa shape index (κ3) is 3.93. The highest BCUT2D eigenvalue weighted by molar-refractivity contribution is 5.48. The maximum Gasteiger partial charge on any atom is 0.131 e. The molecule has 19 heavy (non-hydrogen) atoms. The van der Waals surface area contributed by atoms with Gasteiger partial charge >= 0.3 is 0 Å². The van der Waals surface area contributed by atoms with Crippen molar-refractivity contribution in [3.8, 4) is 0 Å². The lowest BCUT2D eigenvalue weighted by Crippen LogP contribution is -2.22. The lowest BCUT2D eigenvalue weighted by atomic mass is 10.1. The maximum atomic E-state index is 4.68. The number of anilines is 1. The topological polar surface area (TPSA) is 28.2 Å². The first-order chi connectivity index (χ1) is 9.06. The van der Waals surface area contributed by atoms with Crippen LogP contribution in [0.3, 0.4) is 0 Å². The first-order valence-electron chi connectivity index (χ1n) is 7.47. The summed E-state index contributed by atoms with van der Waals surface area (Å²) in [5.74, 6) is 2.67. The smallest absolute Gasteiger partial charge is 0.131 e. The Morgan fingerprint density at radius 2 is 2.26 bits per heavy atom. The van der Waals surface area contributed by atoms with E-state index in [0.29, 0.717) is 5.92 Å². The Labute approximate surface area is 117 Å². The number of pyridine rings is 1. The second kappa shape index (κ2) is 6.38. The molecular formula is C16H27N3. The number of aromatic nitrogens is 1. The molecule has 0 saturated carbocycles. The van der Waals surface area contributed by atoms with Crippen molar-refractivity contribution in [2.75, 3.05) is 24.5 Å². The van der Waals surface area contributed by atoms with Crippen LogP contribution < -0.4 is 10.2 Å². The lowest BCUT2D eigenvalue weighted by Gasteiger charge is -2.20. The number of rotatable bonds is 5. The zero-order valence-electron chi connectivity index (χ0n) is 12.7. The Balaban J connectivity index is 1.97. The van der Waals surface area contributed by atoms with Gasteiger partial charge in [0.25, 0.3) is 0 Å². The summed E-state index contributed by atoms with van der Waals surface area (Å²) in [6, 6.07) is 2.28. The van der Waals surface area contributed by atoms with E-state index in [2.05, 4.69) is 49.0 Å². The molecule has 1 aliphatic heterocycles. The number of hydrogen-bond acceptors (Lipinski definition) is 3. The van der Waals surface area contributed by atoms with E-state index in [1.165, 1.54) is 23.4 Å². The highest BCUT2D eigenvalue weighted by Crippen LogP contribution is 2.24. The molecule has 0 bridgehead atoms. The Morgan fingerprint density at radius 3 is 2.84 bits per heavy atom. The van der Waals surface area contributed by atoms with Gasteiger partial charge in [0.1, 0.15) is 5.82 Å². The summed E-state index contributed by atoms with van der Waals surface area (Å²) in [4.78, 5) is 7.10. The Morgan fingerprint density at radius 1 is 1.47 bits per heavy atom. The quantitative estimate of drug-likeness (QED) is 0.883. The minimum Gasteiger partial charge on any atom is -0.356 e. The number of aryl methyl sites for hydroxylation is 1. The molecule has 1 aromatic heterocycles. The van der Waals surface area contributed by atoms with Crippen molar-refractivity contribution >= 4 is 5.82 Å². The van der Waals surface area contributed by atoms with Crippen molar-refractivity contribution in [3.63, 3.8) is 0 Å². The highest BCUT2D eigenvalue weighted by Gasteiger charge is 2.21. The normalized spacial score (nSPS) is 19.4. The molecule has 0 amide bonds. The van der Waals surface area contributed by atoms with Crippen LogP contribution in [0, 0.1) is 18.8 Å². The van der Waals surface area contributed by atoms with Crippen LogP contribution in [0.5, 0.6) is 0 Å². The van der Waals surface area contributed by atoms with E-state index >= 15 is 0 Å². The van der Waals surface area contributed by atoms with Crippen LogP contribution in [0.4, 0.5) is 5.82 Å². The van der Waals surface area contributed by atoms with Crippen molar-refractivity contribution in [2.45, 2.75) is 40.7 Å². The fourth-order valence-corrected chi connectivity index (χ4v) is 2.69. The predicted octanol–water partition coefficient (Wildman–Crippen LogP) is 2.98. The maximum absolute atomic E-state index is 4.68. The van der Waals surface area contributed by atoms with Crippen LogP contribution in [0.25, 0.3) is 0 Å². The van der Waals surface area contributed by atoms with Crippen molar-refractivity contribution in [1.29, 1.82) is 0 Å². The van der Waals surface area contributed by atoms with E-state index in [4.69, 9.17) is 0 Å². The standard InChI is InChI=1S/C16H27N3/c1-12(2)8-17-9-15-7-14(4)16(18-10-15)19-6-5-13(3)11-19/h7,10,12-13,17H,5-6,8-9,11H2,1-4H3. The van der Waals surface area contributed by atoms with Gasteiger partial charge in [-0.15, -0.1) is 0 Å². The summed E-state index contributed by atoms with van der Waals surface area (Å²) in [6.07, 6.45) is 3.32. The van der Waals surface area contributed by atoms with Crippen LogP contribution in [-0.4, -0.2) is 24.6 Å². The molecule has 1 fully saturated rings. The van der Waals surface area contributed by atoms with Crippen molar-refractivity contribution in [3.05, 3.63) is 23.4 Å². The van der Waals surface area contributed by atoms with Gasteiger partial charge in [0, 0.05) is 25.8 Å². The summed E-state index contributed by atoms with van der Waals surface area (Å²) in [5, 5.41) is 3.47. The fraction of sp³-hybridized carbons (Fsp3) is 0.688. The van der Waals surface area contributed by atoms with Crippen LogP contribution in [0.1, 0.15) is 38.3 Å². The molecule has 0 spiro atoms. The first-order valence-corrected chi connectivity index (χ1v) is 7.47. The molecule has 0 radical (unpaired) electrons. The number of nitrogens with one attached hydrogen (secondary N) is 1. The zero-order valence-corrected chi connectivity index (χ0v) is 12.7. The third-order valence-electron chi connectivity index (χ3n) is 3.71. The highest BCUT2D eigenvalue weighted by atomic mass is 15.2. The third-order valence-corrected chi connectivity index (χ3v) is 3.71. The van der Waals surface area contributed by atoms with E-state index in [0.717, 1.165) is 32.1 Å². The predicted molar refractivity (Wildman–Crippen MR) is 81.5 cm³/mol. The minimum absolute atomic E-state index is 0.694. The lowest BCUT2D eigenvalue weighted by molar-refractivity contribution is 0.551. The monoisotopic (exact) mass is 261 g/mol. The Hall–Kier alpha value is -1.09. The largest absolute Gasteiger partial charge is 0.356 e. The molecule has 3 heteroatoms. The summed E-state index contributed by atoms with van der Waals surface area (Å²) in [5.41, 5.74) is 2.59. The second-order valence-electron chi connectivity index (χ2n) is 6.35. The molecule has 106 valence electrons. The van der Waals surface area contributed by atoms with Gasteiger partial charge in [-0.3, -0.25) is 0 Å².